The Morgan fingerprint density at radius 3 is 2.53 bits per heavy atom. The molecule has 88 valence electrons. The molecule has 5 N–H and O–H groups in total. The fourth-order valence-corrected chi connectivity index (χ4v) is 1.13. The van der Waals surface area contributed by atoms with Crippen LogP contribution in [0.4, 0.5) is 0 Å². The number of hydrogen-bond acceptors (Lipinski definition) is 3. The highest BCUT2D eigenvalue weighted by Gasteiger charge is 2.02. The number of unbranched alkanes of at least 4 members (excludes halogenated alkanes) is 2. The summed E-state index contributed by atoms with van der Waals surface area (Å²) in [5.74, 6) is 0.173. The summed E-state index contributed by atoms with van der Waals surface area (Å²) >= 11 is 0. The maximum Gasteiger partial charge on any atom is 0.220 e. The van der Waals surface area contributed by atoms with E-state index in [4.69, 9.17) is 16.2 Å². The van der Waals surface area contributed by atoms with Crippen molar-refractivity contribution in [3.05, 3.63) is 0 Å². The first kappa shape index (κ1) is 13.9. The first-order valence-corrected chi connectivity index (χ1v) is 5.30. The van der Waals surface area contributed by atoms with Crippen LogP contribution >= 0.6 is 0 Å². The summed E-state index contributed by atoms with van der Waals surface area (Å²) < 4.78 is 0. The number of amides is 1. The first-order chi connectivity index (χ1) is 7.02. The van der Waals surface area contributed by atoms with E-state index in [1.165, 1.54) is 0 Å². The van der Waals surface area contributed by atoms with Crippen molar-refractivity contribution in [3.8, 4) is 0 Å². The minimum atomic E-state index is -0.494. The Labute approximate surface area is 90.6 Å². The molecule has 0 saturated carbocycles. The highest BCUT2D eigenvalue weighted by atomic mass is 16.3. The zero-order chi connectivity index (χ0) is 11.7. The number of rotatable bonds is 8. The van der Waals surface area contributed by atoms with E-state index in [0.717, 1.165) is 19.3 Å². The number of amidine groups is 1. The van der Waals surface area contributed by atoms with Gasteiger partial charge in [0.2, 0.25) is 5.91 Å². The molecule has 0 heterocycles. The largest absolute Gasteiger partial charge is 0.392 e. The van der Waals surface area contributed by atoms with Crippen LogP contribution in [0.1, 0.15) is 39.0 Å². The van der Waals surface area contributed by atoms with Gasteiger partial charge in [0, 0.05) is 19.4 Å². The van der Waals surface area contributed by atoms with Crippen molar-refractivity contribution < 1.29 is 9.90 Å². The summed E-state index contributed by atoms with van der Waals surface area (Å²) in [5, 5.41) is 18.5. The Bertz CT molecular complexity index is 205. The fraction of sp³-hybridized carbons (Fsp3) is 0.800. The van der Waals surface area contributed by atoms with Gasteiger partial charge in [-0.15, -0.1) is 0 Å². The van der Waals surface area contributed by atoms with Gasteiger partial charge in [-0.25, -0.2) is 0 Å². The predicted molar refractivity (Wildman–Crippen MR) is 59.7 cm³/mol. The van der Waals surface area contributed by atoms with Crippen molar-refractivity contribution in [1.29, 1.82) is 5.41 Å². The SMILES string of the molecule is C[C@@H](O)CNC(=O)CCCCCC(=N)N. The molecule has 0 spiro atoms. The second-order valence-corrected chi connectivity index (χ2v) is 3.74. The minimum Gasteiger partial charge on any atom is -0.392 e. The van der Waals surface area contributed by atoms with Crippen LogP contribution in [0.2, 0.25) is 0 Å². The van der Waals surface area contributed by atoms with Crippen LogP contribution in [0.3, 0.4) is 0 Å². The molecule has 0 aromatic carbocycles. The van der Waals surface area contributed by atoms with Gasteiger partial charge in [0.05, 0.1) is 11.9 Å². The molecule has 0 fully saturated rings. The molecule has 0 unspecified atom stereocenters. The minimum absolute atomic E-state index is 0.0290. The van der Waals surface area contributed by atoms with Gasteiger partial charge in [-0.3, -0.25) is 10.2 Å². The lowest BCUT2D eigenvalue weighted by atomic mass is 10.1. The molecule has 0 aliphatic heterocycles. The summed E-state index contributed by atoms with van der Waals surface area (Å²) in [4.78, 5) is 11.2. The van der Waals surface area contributed by atoms with Crippen LogP contribution in [-0.2, 0) is 4.79 Å². The zero-order valence-corrected chi connectivity index (χ0v) is 9.25. The van der Waals surface area contributed by atoms with E-state index in [9.17, 15) is 4.79 Å². The molecule has 0 bridgehead atoms. The van der Waals surface area contributed by atoms with Crippen LogP contribution in [0.25, 0.3) is 0 Å². The molecular formula is C10H21N3O2. The molecule has 5 heteroatoms. The van der Waals surface area contributed by atoms with E-state index in [-0.39, 0.29) is 11.7 Å². The Morgan fingerprint density at radius 1 is 1.40 bits per heavy atom. The number of aliphatic hydroxyl groups excluding tert-OH is 1. The smallest absolute Gasteiger partial charge is 0.220 e. The number of nitrogens with two attached hydrogens (primary N) is 1. The summed E-state index contributed by atoms with van der Waals surface area (Å²) in [6.07, 6.45) is 3.16. The van der Waals surface area contributed by atoms with Crippen molar-refractivity contribution in [2.45, 2.75) is 45.1 Å². The number of carbonyl (C=O) groups is 1. The number of nitrogens with one attached hydrogen (secondary N) is 2. The lowest BCUT2D eigenvalue weighted by molar-refractivity contribution is -0.121. The van der Waals surface area contributed by atoms with E-state index in [1.807, 2.05) is 0 Å². The Kier molecular flexibility index (Phi) is 7.62. The van der Waals surface area contributed by atoms with Gasteiger partial charge >= 0.3 is 0 Å². The van der Waals surface area contributed by atoms with Crippen molar-refractivity contribution in [3.63, 3.8) is 0 Å². The Hall–Kier alpha value is -1.10. The Morgan fingerprint density at radius 2 is 2.00 bits per heavy atom. The molecule has 0 radical (unpaired) electrons. The zero-order valence-electron chi connectivity index (χ0n) is 9.25. The summed E-state index contributed by atoms with van der Waals surface area (Å²) in [6.45, 7) is 1.94. The van der Waals surface area contributed by atoms with Crippen LogP contribution in [-0.4, -0.2) is 29.5 Å². The molecule has 0 aromatic heterocycles. The van der Waals surface area contributed by atoms with Crippen LogP contribution < -0.4 is 11.1 Å². The average molecular weight is 215 g/mol. The van der Waals surface area contributed by atoms with E-state index in [0.29, 0.717) is 19.4 Å². The van der Waals surface area contributed by atoms with Crippen LogP contribution in [0.15, 0.2) is 0 Å². The van der Waals surface area contributed by atoms with E-state index in [2.05, 4.69) is 5.32 Å². The standard InChI is InChI=1S/C10H21N3O2/c1-8(14)7-13-10(15)6-4-2-3-5-9(11)12/h8,14H,2-7H2,1H3,(H3,11,12)(H,13,15)/t8-/m1/s1. The van der Waals surface area contributed by atoms with E-state index in [1.54, 1.807) is 6.92 Å². The van der Waals surface area contributed by atoms with Gasteiger partial charge in [-0.1, -0.05) is 6.42 Å². The quantitative estimate of drug-likeness (QED) is 0.267. The molecule has 1 amide bonds. The van der Waals surface area contributed by atoms with Gasteiger partial charge in [0.25, 0.3) is 0 Å². The molecule has 1 atom stereocenters. The van der Waals surface area contributed by atoms with Gasteiger partial charge in [-0.05, 0) is 19.8 Å². The third kappa shape index (κ3) is 10.8. The molecule has 0 aromatic rings. The van der Waals surface area contributed by atoms with E-state index >= 15 is 0 Å². The lowest BCUT2D eigenvalue weighted by Gasteiger charge is -2.06. The third-order valence-electron chi connectivity index (χ3n) is 1.94. The summed E-state index contributed by atoms with van der Waals surface area (Å²) in [5.41, 5.74) is 5.19. The second-order valence-electron chi connectivity index (χ2n) is 3.74. The number of carbonyl (C=O) groups excluding carboxylic acids is 1. The maximum atomic E-state index is 11.2. The van der Waals surface area contributed by atoms with E-state index < -0.39 is 6.10 Å². The molecule has 0 aliphatic carbocycles. The average Bonchev–Trinajstić information content (AvgIpc) is 2.13. The highest BCUT2D eigenvalue weighted by Crippen LogP contribution is 2.02. The van der Waals surface area contributed by atoms with Gasteiger partial charge in [0.1, 0.15) is 0 Å². The van der Waals surface area contributed by atoms with Crippen LogP contribution in [0.5, 0.6) is 0 Å². The molecule has 0 rings (SSSR count). The Balaban J connectivity index is 3.28. The van der Waals surface area contributed by atoms with Crippen molar-refractivity contribution >= 4 is 11.7 Å². The van der Waals surface area contributed by atoms with Gasteiger partial charge in [0.15, 0.2) is 0 Å². The number of hydrogen-bond donors (Lipinski definition) is 4. The maximum absolute atomic E-state index is 11.2. The van der Waals surface area contributed by atoms with Crippen molar-refractivity contribution in [2.75, 3.05) is 6.54 Å². The normalized spacial score (nSPS) is 12.1. The second kappa shape index (κ2) is 8.23. The lowest BCUT2D eigenvalue weighted by Crippen LogP contribution is -2.30. The fourth-order valence-electron chi connectivity index (χ4n) is 1.13. The topological polar surface area (TPSA) is 99.2 Å². The van der Waals surface area contributed by atoms with Crippen molar-refractivity contribution in [1.82, 2.24) is 5.32 Å². The van der Waals surface area contributed by atoms with Gasteiger partial charge in [-0.2, -0.15) is 0 Å². The summed E-state index contributed by atoms with van der Waals surface area (Å²) in [7, 11) is 0. The highest BCUT2D eigenvalue weighted by molar-refractivity contribution is 5.77. The molecule has 5 nitrogen and oxygen atoms in total. The summed E-state index contributed by atoms with van der Waals surface area (Å²) in [6, 6.07) is 0. The van der Waals surface area contributed by atoms with Crippen LogP contribution in [0, 0.1) is 5.41 Å². The third-order valence-corrected chi connectivity index (χ3v) is 1.94. The number of aliphatic hydroxyl groups is 1. The molecule has 0 aliphatic rings. The predicted octanol–water partition coefficient (Wildman–Crippen LogP) is 0.370. The van der Waals surface area contributed by atoms with Gasteiger partial charge < -0.3 is 16.2 Å². The molecule has 0 saturated heterocycles. The monoisotopic (exact) mass is 215 g/mol. The van der Waals surface area contributed by atoms with Crippen molar-refractivity contribution in [2.24, 2.45) is 5.73 Å². The first-order valence-electron chi connectivity index (χ1n) is 5.30. The molecule has 15 heavy (non-hydrogen) atoms. The molecular weight excluding hydrogens is 194 g/mol.